The fourth-order valence-electron chi connectivity index (χ4n) is 2.98. The lowest BCUT2D eigenvalue weighted by Gasteiger charge is -2.26. The second-order valence-electron chi connectivity index (χ2n) is 5.96. The number of carboxylic acids is 1. The van der Waals surface area contributed by atoms with E-state index in [1.165, 1.54) is 0 Å². The van der Waals surface area contributed by atoms with Crippen LogP contribution in [0.25, 0.3) is 0 Å². The Balaban J connectivity index is 2.34. The highest BCUT2D eigenvalue weighted by Crippen LogP contribution is 2.35. The number of carbonyl (C=O) groups is 1. The molecule has 0 bridgehead atoms. The Bertz CT molecular complexity index is 552. The van der Waals surface area contributed by atoms with Crippen molar-refractivity contribution in [2.75, 3.05) is 13.2 Å². The van der Waals surface area contributed by atoms with E-state index in [9.17, 15) is 15.2 Å². The van der Waals surface area contributed by atoms with Crippen molar-refractivity contribution in [1.82, 2.24) is 0 Å². The van der Waals surface area contributed by atoms with Gasteiger partial charge in [-0.05, 0) is 30.9 Å². The molecule has 0 aromatic heterocycles. The molecule has 0 amide bonds. The van der Waals surface area contributed by atoms with E-state index < -0.39 is 16.8 Å². The zero-order valence-electron chi connectivity index (χ0n) is 12.6. The Morgan fingerprint density at radius 3 is 2.57 bits per heavy atom. The van der Waals surface area contributed by atoms with Crippen LogP contribution in [0.15, 0.2) is 24.3 Å². The average Bonchev–Trinajstić information content (AvgIpc) is 2.97. The van der Waals surface area contributed by atoms with Crippen molar-refractivity contribution in [3.8, 4) is 6.07 Å². The van der Waals surface area contributed by atoms with Crippen LogP contribution in [0.4, 0.5) is 0 Å². The summed E-state index contributed by atoms with van der Waals surface area (Å²) in [7, 11) is 0. The van der Waals surface area contributed by atoms with Crippen LogP contribution in [0.5, 0.6) is 0 Å². The van der Waals surface area contributed by atoms with Crippen molar-refractivity contribution < 1.29 is 14.6 Å². The molecule has 1 aliphatic rings. The third kappa shape index (κ3) is 2.66. The van der Waals surface area contributed by atoms with Gasteiger partial charge in [-0.2, -0.15) is 5.26 Å². The van der Waals surface area contributed by atoms with Crippen LogP contribution in [-0.4, -0.2) is 24.3 Å². The maximum atomic E-state index is 11.6. The van der Waals surface area contributed by atoms with Crippen molar-refractivity contribution in [2.24, 2.45) is 0 Å². The number of nitrogens with zero attached hydrogens (tertiary/aromatic N) is 1. The van der Waals surface area contributed by atoms with Crippen LogP contribution in [0.1, 0.15) is 44.2 Å². The lowest BCUT2D eigenvalue weighted by Crippen LogP contribution is -2.32. The van der Waals surface area contributed by atoms with E-state index in [0.29, 0.717) is 26.1 Å². The summed E-state index contributed by atoms with van der Waals surface area (Å²) in [5, 5.41) is 19.0. The second-order valence-corrected chi connectivity index (χ2v) is 5.96. The summed E-state index contributed by atoms with van der Waals surface area (Å²) in [5.41, 5.74) is 0.241. The number of aliphatic carboxylic acids is 1. The van der Waals surface area contributed by atoms with Gasteiger partial charge in [0.05, 0.1) is 18.1 Å². The van der Waals surface area contributed by atoms with Crippen molar-refractivity contribution in [2.45, 2.75) is 43.9 Å². The largest absolute Gasteiger partial charge is 0.481 e. The lowest BCUT2D eigenvalue weighted by atomic mass is 9.76. The summed E-state index contributed by atoms with van der Waals surface area (Å²) in [4.78, 5) is 11.6. The molecule has 4 nitrogen and oxygen atoms in total. The summed E-state index contributed by atoms with van der Waals surface area (Å²) in [6.07, 6.45) is 2.09. The van der Waals surface area contributed by atoms with Gasteiger partial charge in [0, 0.05) is 6.61 Å². The van der Waals surface area contributed by atoms with E-state index in [0.717, 1.165) is 17.5 Å². The molecule has 2 unspecified atom stereocenters. The van der Waals surface area contributed by atoms with Gasteiger partial charge in [-0.25, -0.2) is 0 Å². The second kappa shape index (κ2) is 5.87. The van der Waals surface area contributed by atoms with Gasteiger partial charge in [0.25, 0.3) is 0 Å². The smallest absolute Gasteiger partial charge is 0.313 e. The maximum absolute atomic E-state index is 11.6. The first-order valence-electron chi connectivity index (χ1n) is 7.32. The predicted molar refractivity (Wildman–Crippen MR) is 79.1 cm³/mol. The standard InChI is InChI=1S/C17H21NO3/c1-3-8-16(2,15(19)20)13-4-6-14(7-5-13)17(11-18)9-10-21-12-17/h4-7H,3,8-10,12H2,1-2H3,(H,19,20). The molecule has 1 aromatic carbocycles. The van der Waals surface area contributed by atoms with Gasteiger partial charge >= 0.3 is 5.97 Å². The molecular formula is C17H21NO3. The van der Waals surface area contributed by atoms with Crippen molar-refractivity contribution in [3.05, 3.63) is 35.4 Å². The molecule has 1 saturated heterocycles. The normalized spacial score (nSPS) is 24.2. The summed E-state index contributed by atoms with van der Waals surface area (Å²) in [5.74, 6) is -0.809. The van der Waals surface area contributed by atoms with Crippen LogP contribution < -0.4 is 0 Å². The molecule has 112 valence electrons. The first kappa shape index (κ1) is 15.5. The average molecular weight is 287 g/mol. The van der Waals surface area contributed by atoms with Crippen molar-refractivity contribution >= 4 is 5.97 Å². The van der Waals surface area contributed by atoms with E-state index in [1.54, 1.807) is 6.92 Å². The zero-order chi connectivity index (χ0) is 15.5. The highest BCUT2D eigenvalue weighted by Gasteiger charge is 2.38. The number of ether oxygens (including phenoxy) is 1. The van der Waals surface area contributed by atoms with Gasteiger partial charge in [0.1, 0.15) is 5.41 Å². The minimum atomic E-state index is -0.876. The molecular weight excluding hydrogens is 266 g/mol. The van der Waals surface area contributed by atoms with Crippen LogP contribution in [-0.2, 0) is 20.4 Å². The topological polar surface area (TPSA) is 70.3 Å². The molecule has 4 heteroatoms. The van der Waals surface area contributed by atoms with E-state index in [1.807, 2.05) is 31.2 Å². The predicted octanol–water partition coefficient (Wildman–Crippen LogP) is 3.01. The fraction of sp³-hybridized carbons (Fsp3) is 0.529. The molecule has 2 atom stereocenters. The Kier molecular flexibility index (Phi) is 4.34. The Labute approximate surface area is 125 Å². The van der Waals surface area contributed by atoms with Gasteiger partial charge in [-0.15, -0.1) is 0 Å². The van der Waals surface area contributed by atoms with E-state index in [4.69, 9.17) is 4.74 Å². The Morgan fingerprint density at radius 1 is 1.48 bits per heavy atom. The van der Waals surface area contributed by atoms with Crippen molar-refractivity contribution in [3.63, 3.8) is 0 Å². The number of rotatable bonds is 5. The number of hydrogen-bond donors (Lipinski definition) is 1. The molecule has 21 heavy (non-hydrogen) atoms. The number of benzene rings is 1. The molecule has 0 aliphatic carbocycles. The molecule has 1 fully saturated rings. The number of nitriles is 1. The summed E-state index contributed by atoms with van der Waals surface area (Å²) in [6.45, 7) is 4.74. The lowest BCUT2D eigenvalue weighted by molar-refractivity contribution is -0.143. The monoisotopic (exact) mass is 287 g/mol. The zero-order valence-corrected chi connectivity index (χ0v) is 12.6. The molecule has 0 saturated carbocycles. The van der Waals surface area contributed by atoms with E-state index >= 15 is 0 Å². The fourth-order valence-corrected chi connectivity index (χ4v) is 2.98. The Hall–Kier alpha value is -1.86. The third-order valence-corrected chi connectivity index (χ3v) is 4.53. The van der Waals surface area contributed by atoms with Gasteiger partial charge in [-0.3, -0.25) is 4.79 Å². The number of hydrogen-bond acceptors (Lipinski definition) is 3. The first-order valence-corrected chi connectivity index (χ1v) is 7.32. The van der Waals surface area contributed by atoms with Crippen molar-refractivity contribution in [1.29, 1.82) is 5.26 Å². The van der Waals surface area contributed by atoms with Gasteiger partial charge in [0.15, 0.2) is 0 Å². The quantitative estimate of drug-likeness (QED) is 0.903. The van der Waals surface area contributed by atoms with Gasteiger partial charge in [-0.1, -0.05) is 37.6 Å². The van der Waals surface area contributed by atoms with Crippen LogP contribution >= 0.6 is 0 Å². The molecule has 1 N–H and O–H groups in total. The SMILES string of the molecule is CCCC(C)(C(=O)O)c1ccc(C2(C#N)CCOC2)cc1. The van der Waals surface area contributed by atoms with E-state index in [2.05, 4.69) is 6.07 Å². The summed E-state index contributed by atoms with van der Waals surface area (Å²) in [6, 6.07) is 9.80. The molecule has 1 aliphatic heterocycles. The molecule has 2 rings (SSSR count). The van der Waals surface area contributed by atoms with Gasteiger partial charge < -0.3 is 9.84 Å². The maximum Gasteiger partial charge on any atom is 0.313 e. The van der Waals surface area contributed by atoms with E-state index in [-0.39, 0.29) is 0 Å². The van der Waals surface area contributed by atoms with Crippen LogP contribution in [0.3, 0.4) is 0 Å². The molecule has 0 spiro atoms. The summed E-state index contributed by atoms with van der Waals surface area (Å²) < 4.78 is 5.36. The number of carboxylic acid groups (broad SMARTS) is 1. The summed E-state index contributed by atoms with van der Waals surface area (Å²) >= 11 is 0. The van der Waals surface area contributed by atoms with Gasteiger partial charge in [0.2, 0.25) is 0 Å². The highest BCUT2D eigenvalue weighted by atomic mass is 16.5. The first-order chi connectivity index (χ1) is 9.98. The minimum absolute atomic E-state index is 0.411. The highest BCUT2D eigenvalue weighted by molar-refractivity contribution is 5.80. The third-order valence-electron chi connectivity index (χ3n) is 4.53. The molecule has 1 heterocycles. The van der Waals surface area contributed by atoms with Crippen LogP contribution in [0, 0.1) is 11.3 Å². The molecule has 1 aromatic rings. The Morgan fingerprint density at radius 2 is 2.14 bits per heavy atom. The van der Waals surface area contributed by atoms with Crippen LogP contribution in [0.2, 0.25) is 0 Å². The molecule has 0 radical (unpaired) electrons. The minimum Gasteiger partial charge on any atom is -0.481 e.